The SMILES string of the molecule is CCOc1cccc(Nc2cccc(S(C)(=O)=O)c2N)c1. The molecule has 0 spiro atoms. The van der Waals surface area contributed by atoms with Gasteiger partial charge in [0.05, 0.1) is 22.9 Å². The van der Waals surface area contributed by atoms with Crippen molar-refractivity contribution >= 4 is 26.9 Å². The van der Waals surface area contributed by atoms with Crippen LogP contribution in [0.3, 0.4) is 0 Å². The van der Waals surface area contributed by atoms with Crippen LogP contribution in [-0.2, 0) is 9.84 Å². The number of anilines is 3. The molecule has 0 saturated carbocycles. The van der Waals surface area contributed by atoms with E-state index in [0.29, 0.717) is 12.3 Å². The van der Waals surface area contributed by atoms with Gasteiger partial charge >= 0.3 is 0 Å². The maximum atomic E-state index is 11.7. The quantitative estimate of drug-likeness (QED) is 0.830. The zero-order valence-electron chi connectivity index (χ0n) is 12.0. The normalized spacial score (nSPS) is 11.1. The summed E-state index contributed by atoms with van der Waals surface area (Å²) in [5.41, 5.74) is 7.48. The molecule has 3 N–H and O–H groups in total. The minimum Gasteiger partial charge on any atom is -0.494 e. The standard InChI is InChI=1S/C15H18N2O3S/c1-3-20-12-7-4-6-11(10-12)17-13-8-5-9-14(15(13)16)21(2,18)19/h4-10,17H,3,16H2,1-2H3. The zero-order valence-corrected chi connectivity index (χ0v) is 12.8. The molecule has 0 heterocycles. The topological polar surface area (TPSA) is 81.4 Å². The Morgan fingerprint density at radius 3 is 2.57 bits per heavy atom. The molecule has 0 aliphatic carbocycles. The van der Waals surface area contributed by atoms with E-state index in [2.05, 4.69) is 5.32 Å². The highest BCUT2D eigenvalue weighted by atomic mass is 32.2. The molecule has 2 aromatic carbocycles. The molecule has 0 saturated heterocycles. The second-order valence-corrected chi connectivity index (χ2v) is 6.56. The third-order valence-electron chi connectivity index (χ3n) is 2.89. The van der Waals surface area contributed by atoms with Crippen molar-refractivity contribution in [3.05, 3.63) is 42.5 Å². The van der Waals surface area contributed by atoms with Crippen LogP contribution in [0.4, 0.5) is 17.1 Å². The highest BCUT2D eigenvalue weighted by Crippen LogP contribution is 2.30. The van der Waals surface area contributed by atoms with Gasteiger partial charge < -0.3 is 15.8 Å². The van der Waals surface area contributed by atoms with Gasteiger partial charge in [-0.2, -0.15) is 0 Å². The number of benzene rings is 2. The first kappa shape index (κ1) is 15.2. The molecule has 0 unspecified atom stereocenters. The van der Waals surface area contributed by atoms with Crippen molar-refractivity contribution in [1.29, 1.82) is 0 Å². The molecule has 21 heavy (non-hydrogen) atoms. The molecule has 0 aliphatic heterocycles. The molecular formula is C15H18N2O3S. The van der Waals surface area contributed by atoms with E-state index in [9.17, 15) is 8.42 Å². The van der Waals surface area contributed by atoms with Crippen molar-refractivity contribution in [3.63, 3.8) is 0 Å². The Labute approximate surface area is 124 Å². The highest BCUT2D eigenvalue weighted by Gasteiger charge is 2.14. The lowest BCUT2D eigenvalue weighted by atomic mass is 10.2. The fraction of sp³-hybridized carbons (Fsp3) is 0.200. The largest absolute Gasteiger partial charge is 0.494 e. The molecule has 0 aromatic heterocycles. The number of nitrogens with two attached hydrogens (primary N) is 1. The second-order valence-electron chi connectivity index (χ2n) is 4.58. The van der Waals surface area contributed by atoms with Gasteiger partial charge in [0.1, 0.15) is 5.75 Å². The van der Waals surface area contributed by atoms with E-state index >= 15 is 0 Å². The van der Waals surface area contributed by atoms with Crippen molar-refractivity contribution < 1.29 is 13.2 Å². The summed E-state index contributed by atoms with van der Waals surface area (Å²) in [4.78, 5) is 0.119. The van der Waals surface area contributed by atoms with E-state index < -0.39 is 9.84 Å². The van der Waals surface area contributed by atoms with Gasteiger partial charge in [0.2, 0.25) is 0 Å². The molecule has 0 amide bonds. The predicted molar refractivity (Wildman–Crippen MR) is 84.9 cm³/mol. The molecule has 2 rings (SSSR count). The summed E-state index contributed by atoms with van der Waals surface area (Å²) in [5, 5.41) is 3.11. The maximum Gasteiger partial charge on any atom is 0.177 e. The smallest absolute Gasteiger partial charge is 0.177 e. The van der Waals surface area contributed by atoms with Gasteiger partial charge in [0.25, 0.3) is 0 Å². The second kappa shape index (κ2) is 6.05. The van der Waals surface area contributed by atoms with Crippen LogP contribution in [0.1, 0.15) is 6.92 Å². The van der Waals surface area contributed by atoms with E-state index in [-0.39, 0.29) is 10.6 Å². The van der Waals surface area contributed by atoms with Gasteiger partial charge in [-0.3, -0.25) is 0 Å². The van der Waals surface area contributed by atoms with Gasteiger partial charge in [-0.1, -0.05) is 12.1 Å². The fourth-order valence-corrected chi connectivity index (χ4v) is 2.80. The predicted octanol–water partition coefficient (Wildman–Crippen LogP) is 2.81. The first-order valence-electron chi connectivity index (χ1n) is 6.50. The molecule has 0 atom stereocenters. The third-order valence-corrected chi connectivity index (χ3v) is 4.04. The van der Waals surface area contributed by atoms with Gasteiger partial charge in [-0.15, -0.1) is 0 Å². The van der Waals surface area contributed by atoms with Crippen LogP contribution in [0.15, 0.2) is 47.4 Å². The van der Waals surface area contributed by atoms with Crippen LogP contribution in [-0.4, -0.2) is 21.3 Å². The Bertz CT molecular complexity index is 742. The summed E-state index contributed by atoms with van der Waals surface area (Å²) in [6, 6.07) is 12.3. The monoisotopic (exact) mass is 306 g/mol. The van der Waals surface area contributed by atoms with E-state index in [4.69, 9.17) is 10.5 Å². The van der Waals surface area contributed by atoms with Crippen molar-refractivity contribution in [2.45, 2.75) is 11.8 Å². The number of rotatable bonds is 5. The van der Waals surface area contributed by atoms with Crippen LogP contribution >= 0.6 is 0 Å². The Hall–Kier alpha value is -2.21. The lowest BCUT2D eigenvalue weighted by molar-refractivity contribution is 0.340. The van der Waals surface area contributed by atoms with Crippen LogP contribution < -0.4 is 15.8 Å². The van der Waals surface area contributed by atoms with Crippen molar-refractivity contribution in [3.8, 4) is 5.75 Å². The van der Waals surface area contributed by atoms with Gasteiger partial charge in [-0.25, -0.2) is 8.42 Å². The van der Waals surface area contributed by atoms with Crippen LogP contribution in [0.5, 0.6) is 5.75 Å². The lowest BCUT2D eigenvalue weighted by Gasteiger charge is -2.13. The van der Waals surface area contributed by atoms with Crippen molar-refractivity contribution in [2.75, 3.05) is 23.9 Å². The molecule has 0 bridgehead atoms. The molecule has 112 valence electrons. The van der Waals surface area contributed by atoms with E-state index in [1.54, 1.807) is 12.1 Å². The third kappa shape index (κ3) is 3.66. The summed E-state index contributed by atoms with van der Waals surface area (Å²) < 4.78 is 28.8. The molecule has 6 heteroatoms. The molecular weight excluding hydrogens is 288 g/mol. The Morgan fingerprint density at radius 2 is 1.90 bits per heavy atom. The Kier molecular flexibility index (Phi) is 4.37. The number of hydrogen-bond acceptors (Lipinski definition) is 5. The number of nitrogen functional groups attached to an aromatic ring is 1. The van der Waals surface area contributed by atoms with Gasteiger partial charge in [-0.05, 0) is 31.2 Å². The average Bonchev–Trinajstić information content (AvgIpc) is 2.41. The first-order valence-corrected chi connectivity index (χ1v) is 8.39. The Balaban J connectivity index is 2.34. The molecule has 0 fully saturated rings. The summed E-state index contributed by atoms with van der Waals surface area (Å²) in [5.74, 6) is 0.736. The number of sulfone groups is 1. The summed E-state index contributed by atoms with van der Waals surface area (Å²) in [6.07, 6.45) is 1.14. The summed E-state index contributed by atoms with van der Waals surface area (Å²) in [6.45, 7) is 2.49. The van der Waals surface area contributed by atoms with E-state index in [0.717, 1.165) is 17.7 Å². The van der Waals surface area contributed by atoms with Crippen LogP contribution in [0.25, 0.3) is 0 Å². The molecule has 0 radical (unpaired) electrons. The molecule has 5 nitrogen and oxygen atoms in total. The number of para-hydroxylation sites is 1. The Morgan fingerprint density at radius 1 is 1.19 bits per heavy atom. The minimum atomic E-state index is -3.35. The number of hydrogen-bond donors (Lipinski definition) is 2. The fourth-order valence-electron chi connectivity index (χ4n) is 1.96. The molecule has 0 aliphatic rings. The van der Waals surface area contributed by atoms with Gasteiger partial charge in [0, 0.05) is 18.0 Å². The minimum absolute atomic E-state index is 0.119. The van der Waals surface area contributed by atoms with Crippen molar-refractivity contribution in [2.24, 2.45) is 0 Å². The number of nitrogens with one attached hydrogen (secondary N) is 1. The number of ether oxygens (including phenoxy) is 1. The lowest BCUT2D eigenvalue weighted by Crippen LogP contribution is -2.05. The first-order chi connectivity index (χ1) is 9.91. The van der Waals surface area contributed by atoms with E-state index in [1.165, 1.54) is 6.07 Å². The van der Waals surface area contributed by atoms with Crippen LogP contribution in [0.2, 0.25) is 0 Å². The van der Waals surface area contributed by atoms with Crippen molar-refractivity contribution in [1.82, 2.24) is 0 Å². The average molecular weight is 306 g/mol. The molecule has 2 aromatic rings. The van der Waals surface area contributed by atoms with Gasteiger partial charge in [0.15, 0.2) is 9.84 Å². The summed E-state index contributed by atoms with van der Waals surface area (Å²) >= 11 is 0. The zero-order chi connectivity index (χ0) is 15.5. The maximum absolute atomic E-state index is 11.7. The summed E-state index contributed by atoms with van der Waals surface area (Å²) in [7, 11) is -3.35. The van der Waals surface area contributed by atoms with E-state index in [1.807, 2.05) is 31.2 Å². The highest BCUT2D eigenvalue weighted by molar-refractivity contribution is 7.90. The van der Waals surface area contributed by atoms with Crippen LogP contribution in [0, 0.1) is 0 Å².